The molecule has 0 radical (unpaired) electrons. The summed E-state index contributed by atoms with van der Waals surface area (Å²) in [7, 11) is 1.99. The van der Waals surface area contributed by atoms with Crippen LogP contribution in [0, 0.1) is 11.7 Å². The SMILES string of the molecule is CN1c2ccc(-c3cccc(F)c3)cc2[C@@H]2[C@@H](CCN2C(=O)c2ccncc2)[C@H]1CO. The van der Waals surface area contributed by atoms with Gasteiger partial charge in [0.25, 0.3) is 5.91 Å². The zero-order valence-electron chi connectivity index (χ0n) is 17.3. The molecule has 1 saturated heterocycles. The van der Waals surface area contributed by atoms with Crippen LogP contribution in [0.15, 0.2) is 67.0 Å². The summed E-state index contributed by atoms with van der Waals surface area (Å²) in [4.78, 5) is 21.4. The highest BCUT2D eigenvalue weighted by Crippen LogP contribution is 2.49. The molecule has 6 heteroatoms. The van der Waals surface area contributed by atoms with Gasteiger partial charge in [-0.2, -0.15) is 0 Å². The molecule has 1 N–H and O–H groups in total. The third-order valence-electron chi connectivity index (χ3n) is 6.70. The number of carbonyl (C=O) groups is 1. The molecule has 3 aromatic rings. The summed E-state index contributed by atoms with van der Waals surface area (Å²) >= 11 is 0. The first-order valence-electron chi connectivity index (χ1n) is 10.5. The van der Waals surface area contributed by atoms with E-state index in [0.717, 1.165) is 28.8 Å². The second-order valence-corrected chi connectivity index (χ2v) is 8.28. The topological polar surface area (TPSA) is 56.7 Å². The number of pyridine rings is 1. The Hall–Kier alpha value is -3.25. The lowest BCUT2D eigenvalue weighted by Crippen LogP contribution is -2.48. The number of carbonyl (C=O) groups excluding carboxylic acids is 1. The van der Waals surface area contributed by atoms with Crippen LogP contribution in [0.1, 0.15) is 28.4 Å². The van der Waals surface area contributed by atoms with Crippen LogP contribution in [0.4, 0.5) is 10.1 Å². The van der Waals surface area contributed by atoms with E-state index in [1.54, 1.807) is 30.6 Å². The first-order valence-corrected chi connectivity index (χ1v) is 10.5. The number of rotatable bonds is 3. The fraction of sp³-hybridized carbons (Fsp3) is 0.280. The van der Waals surface area contributed by atoms with Crippen molar-refractivity contribution in [2.24, 2.45) is 5.92 Å². The molecule has 1 amide bonds. The number of benzene rings is 2. The molecule has 158 valence electrons. The summed E-state index contributed by atoms with van der Waals surface area (Å²) in [5.41, 5.74) is 4.36. The average Bonchev–Trinajstić information content (AvgIpc) is 3.24. The van der Waals surface area contributed by atoms with Crippen LogP contribution < -0.4 is 4.90 Å². The van der Waals surface area contributed by atoms with Crippen LogP contribution in [0.3, 0.4) is 0 Å². The maximum Gasteiger partial charge on any atom is 0.254 e. The van der Waals surface area contributed by atoms with Gasteiger partial charge in [-0.3, -0.25) is 9.78 Å². The number of likely N-dealkylation sites (tertiary alicyclic amines) is 1. The van der Waals surface area contributed by atoms with E-state index in [1.807, 2.05) is 30.1 Å². The Bertz CT molecular complexity index is 1120. The van der Waals surface area contributed by atoms with Gasteiger partial charge < -0.3 is 14.9 Å². The number of aliphatic hydroxyl groups excluding tert-OH is 1. The lowest BCUT2D eigenvalue weighted by Gasteiger charge is -2.44. The minimum Gasteiger partial charge on any atom is -0.394 e. The van der Waals surface area contributed by atoms with E-state index in [1.165, 1.54) is 12.1 Å². The molecule has 1 aromatic heterocycles. The molecule has 0 saturated carbocycles. The molecule has 0 spiro atoms. The zero-order chi connectivity index (χ0) is 21.5. The summed E-state index contributed by atoms with van der Waals surface area (Å²) in [5, 5.41) is 10.1. The molecule has 2 aliphatic rings. The highest BCUT2D eigenvalue weighted by Gasteiger charge is 2.47. The van der Waals surface area contributed by atoms with E-state index in [9.17, 15) is 14.3 Å². The first kappa shape index (κ1) is 19.7. The molecule has 1 fully saturated rings. The first-order chi connectivity index (χ1) is 15.1. The van der Waals surface area contributed by atoms with Crippen molar-refractivity contribution in [3.63, 3.8) is 0 Å². The second kappa shape index (κ2) is 7.78. The number of nitrogens with zero attached hydrogens (tertiary/aromatic N) is 3. The van der Waals surface area contributed by atoms with Crippen molar-refractivity contribution in [2.75, 3.05) is 25.1 Å². The van der Waals surface area contributed by atoms with Gasteiger partial charge in [0, 0.05) is 43.2 Å². The minimum absolute atomic E-state index is 0.0278. The predicted octanol–water partition coefficient (Wildman–Crippen LogP) is 3.90. The van der Waals surface area contributed by atoms with E-state index in [0.29, 0.717) is 12.1 Å². The zero-order valence-corrected chi connectivity index (χ0v) is 17.3. The largest absolute Gasteiger partial charge is 0.394 e. The number of hydrogen-bond donors (Lipinski definition) is 1. The highest BCUT2D eigenvalue weighted by atomic mass is 19.1. The van der Waals surface area contributed by atoms with Crippen molar-refractivity contribution >= 4 is 11.6 Å². The van der Waals surface area contributed by atoms with E-state index < -0.39 is 0 Å². The van der Waals surface area contributed by atoms with Crippen molar-refractivity contribution < 1.29 is 14.3 Å². The normalized spacial score (nSPS) is 22.2. The second-order valence-electron chi connectivity index (χ2n) is 8.28. The van der Waals surface area contributed by atoms with Crippen LogP contribution >= 0.6 is 0 Å². The maximum atomic E-state index is 13.8. The van der Waals surface area contributed by atoms with Crippen LogP contribution in [-0.4, -0.2) is 47.1 Å². The minimum atomic E-state index is -0.277. The van der Waals surface area contributed by atoms with E-state index in [-0.39, 0.29) is 36.3 Å². The van der Waals surface area contributed by atoms with Gasteiger partial charge in [0.2, 0.25) is 0 Å². The van der Waals surface area contributed by atoms with E-state index in [2.05, 4.69) is 16.0 Å². The van der Waals surface area contributed by atoms with Gasteiger partial charge in [-0.15, -0.1) is 0 Å². The molecular weight excluding hydrogens is 393 g/mol. The van der Waals surface area contributed by atoms with Crippen LogP contribution in [0.2, 0.25) is 0 Å². The molecule has 3 heterocycles. The molecule has 0 unspecified atom stereocenters. The van der Waals surface area contributed by atoms with Crippen molar-refractivity contribution in [3.05, 3.63) is 83.9 Å². The number of aromatic nitrogens is 1. The van der Waals surface area contributed by atoms with Crippen LogP contribution in [-0.2, 0) is 0 Å². The number of fused-ring (bicyclic) bond motifs is 3. The maximum absolute atomic E-state index is 13.8. The Labute approximate surface area is 180 Å². The average molecular weight is 417 g/mol. The molecule has 3 atom stereocenters. The standard InChI is InChI=1S/C25H24FN3O2/c1-28-22-6-5-18(17-3-2-4-19(26)13-17)14-21(22)24-20(23(28)15-30)9-12-29(24)25(31)16-7-10-27-11-8-16/h2-8,10-11,13-14,20,23-24,30H,9,12,15H2,1H3/t20-,23+,24-/m0/s1. The summed E-state index contributed by atoms with van der Waals surface area (Å²) in [6.45, 7) is 0.657. The molecule has 0 bridgehead atoms. The number of hydrogen-bond acceptors (Lipinski definition) is 4. The molecule has 5 rings (SSSR count). The monoisotopic (exact) mass is 417 g/mol. The number of likely N-dealkylation sites (N-methyl/N-ethyl adjacent to an activating group) is 1. The number of aliphatic hydroxyl groups is 1. The molecule has 2 aromatic carbocycles. The molecule has 5 nitrogen and oxygen atoms in total. The van der Waals surface area contributed by atoms with E-state index >= 15 is 0 Å². The fourth-order valence-corrected chi connectivity index (χ4v) is 5.19. The summed E-state index contributed by atoms with van der Waals surface area (Å²) < 4.78 is 13.8. The van der Waals surface area contributed by atoms with Crippen LogP contribution in [0.5, 0.6) is 0 Å². The van der Waals surface area contributed by atoms with Gasteiger partial charge in [-0.1, -0.05) is 18.2 Å². The van der Waals surface area contributed by atoms with Gasteiger partial charge in [-0.25, -0.2) is 4.39 Å². The number of halogens is 1. The lowest BCUT2D eigenvalue weighted by molar-refractivity contribution is 0.0694. The third-order valence-corrected chi connectivity index (χ3v) is 6.70. The lowest BCUT2D eigenvalue weighted by atomic mass is 9.81. The van der Waals surface area contributed by atoms with Gasteiger partial charge in [-0.05, 0) is 59.5 Å². The smallest absolute Gasteiger partial charge is 0.254 e. The Balaban J connectivity index is 1.61. The van der Waals surface area contributed by atoms with Gasteiger partial charge in [0.15, 0.2) is 0 Å². The Morgan fingerprint density at radius 3 is 2.65 bits per heavy atom. The highest BCUT2D eigenvalue weighted by molar-refractivity contribution is 5.95. The third kappa shape index (κ3) is 3.27. The summed E-state index contributed by atoms with van der Waals surface area (Å²) in [5.74, 6) is -0.185. The van der Waals surface area contributed by atoms with Crippen molar-refractivity contribution in [3.8, 4) is 11.1 Å². The Kier molecular flexibility index (Phi) is 4.94. The van der Waals surface area contributed by atoms with E-state index in [4.69, 9.17) is 0 Å². The summed E-state index contributed by atoms with van der Waals surface area (Å²) in [6.07, 6.45) is 4.07. The molecule has 31 heavy (non-hydrogen) atoms. The fourth-order valence-electron chi connectivity index (χ4n) is 5.19. The Morgan fingerprint density at radius 2 is 1.90 bits per heavy atom. The number of anilines is 1. The Morgan fingerprint density at radius 1 is 1.13 bits per heavy atom. The number of amides is 1. The predicted molar refractivity (Wildman–Crippen MR) is 117 cm³/mol. The van der Waals surface area contributed by atoms with Gasteiger partial charge >= 0.3 is 0 Å². The quantitative estimate of drug-likeness (QED) is 0.702. The molecule has 2 aliphatic heterocycles. The van der Waals surface area contributed by atoms with Gasteiger partial charge in [0.05, 0.1) is 18.7 Å². The molecular formula is C25H24FN3O2. The van der Waals surface area contributed by atoms with Gasteiger partial charge in [0.1, 0.15) is 5.82 Å². The molecule has 0 aliphatic carbocycles. The van der Waals surface area contributed by atoms with Crippen molar-refractivity contribution in [1.82, 2.24) is 9.88 Å². The van der Waals surface area contributed by atoms with Crippen molar-refractivity contribution in [1.29, 1.82) is 0 Å². The summed E-state index contributed by atoms with van der Waals surface area (Å²) in [6, 6.07) is 15.9. The van der Waals surface area contributed by atoms with Crippen molar-refractivity contribution in [2.45, 2.75) is 18.5 Å². The van der Waals surface area contributed by atoms with Crippen LogP contribution in [0.25, 0.3) is 11.1 Å².